The van der Waals surface area contributed by atoms with Gasteiger partial charge in [-0.15, -0.1) is 0 Å². The topological polar surface area (TPSA) is 37.4 Å². The molecule has 20 heavy (non-hydrogen) atoms. The Morgan fingerprint density at radius 3 is 2.65 bits per heavy atom. The summed E-state index contributed by atoms with van der Waals surface area (Å²) in [5.74, 6) is 1.02. The molecular formula is C16H29N3O. The average molecular weight is 279 g/mol. The summed E-state index contributed by atoms with van der Waals surface area (Å²) in [5.41, 5.74) is 1.38. The maximum Gasteiger partial charge on any atom is 0.129 e. The van der Waals surface area contributed by atoms with Gasteiger partial charge in [-0.05, 0) is 52.3 Å². The van der Waals surface area contributed by atoms with Gasteiger partial charge in [0.05, 0.1) is 12.6 Å². The second-order valence-electron chi connectivity index (χ2n) is 6.22. The predicted octanol–water partition coefficient (Wildman–Crippen LogP) is 2.83. The third-order valence-corrected chi connectivity index (χ3v) is 3.21. The fourth-order valence-electron chi connectivity index (χ4n) is 2.13. The largest absolute Gasteiger partial charge is 0.383 e. The minimum atomic E-state index is 0.122. The van der Waals surface area contributed by atoms with Crippen molar-refractivity contribution in [3.63, 3.8) is 0 Å². The van der Waals surface area contributed by atoms with E-state index in [0.29, 0.717) is 12.6 Å². The molecule has 0 bridgehead atoms. The van der Waals surface area contributed by atoms with E-state index in [1.54, 1.807) is 7.11 Å². The van der Waals surface area contributed by atoms with Crippen LogP contribution in [0.2, 0.25) is 0 Å². The molecule has 4 nitrogen and oxygen atoms in total. The van der Waals surface area contributed by atoms with Crippen LogP contribution in [-0.2, 0) is 11.3 Å². The first-order chi connectivity index (χ1) is 9.37. The molecule has 1 aromatic heterocycles. The standard InChI is InChI=1S/C16H29N3O/c1-7-19(13(2)12-20-6)15-10-14(8-9-17-15)11-18-16(3,4)5/h8-10,13,18H,7,11-12H2,1-6H3. The Labute approximate surface area is 123 Å². The molecule has 0 fully saturated rings. The summed E-state index contributed by atoms with van der Waals surface area (Å²) in [7, 11) is 1.74. The van der Waals surface area contributed by atoms with Crippen LogP contribution in [-0.4, -0.2) is 36.8 Å². The fraction of sp³-hybridized carbons (Fsp3) is 0.688. The molecule has 0 spiro atoms. The summed E-state index contributed by atoms with van der Waals surface area (Å²) >= 11 is 0. The van der Waals surface area contributed by atoms with Crippen LogP contribution in [0.25, 0.3) is 0 Å². The number of nitrogens with zero attached hydrogens (tertiary/aromatic N) is 2. The summed E-state index contributed by atoms with van der Waals surface area (Å²) in [6.07, 6.45) is 1.89. The molecule has 0 aliphatic rings. The van der Waals surface area contributed by atoms with Crippen molar-refractivity contribution in [2.75, 3.05) is 25.2 Å². The van der Waals surface area contributed by atoms with Gasteiger partial charge in [0.2, 0.25) is 0 Å². The highest BCUT2D eigenvalue weighted by molar-refractivity contribution is 5.42. The average Bonchev–Trinajstić information content (AvgIpc) is 2.37. The molecule has 1 rings (SSSR count). The van der Waals surface area contributed by atoms with Crippen molar-refractivity contribution in [2.45, 2.75) is 52.7 Å². The van der Waals surface area contributed by atoms with Gasteiger partial charge in [0.1, 0.15) is 5.82 Å². The number of ether oxygens (including phenoxy) is 1. The van der Waals surface area contributed by atoms with Gasteiger partial charge in [0.15, 0.2) is 0 Å². The normalized spacial score (nSPS) is 13.3. The minimum Gasteiger partial charge on any atom is -0.383 e. The maximum absolute atomic E-state index is 5.25. The molecule has 1 aromatic rings. The van der Waals surface area contributed by atoms with Crippen LogP contribution >= 0.6 is 0 Å². The van der Waals surface area contributed by atoms with Gasteiger partial charge in [0, 0.05) is 31.9 Å². The number of nitrogens with one attached hydrogen (secondary N) is 1. The van der Waals surface area contributed by atoms with Gasteiger partial charge >= 0.3 is 0 Å². The second kappa shape index (κ2) is 7.60. The molecule has 0 radical (unpaired) electrons. The van der Waals surface area contributed by atoms with Gasteiger partial charge in [-0.3, -0.25) is 0 Å². The molecule has 114 valence electrons. The van der Waals surface area contributed by atoms with E-state index in [4.69, 9.17) is 4.74 Å². The van der Waals surface area contributed by atoms with Crippen LogP contribution in [0.15, 0.2) is 18.3 Å². The summed E-state index contributed by atoms with van der Waals surface area (Å²) < 4.78 is 5.25. The van der Waals surface area contributed by atoms with E-state index >= 15 is 0 Å². The Bertz CT molecular complexity index is 401. The number of rotatable bonds is 7. The SMILES string of the molecule is CCN(c1cc(CNC(C)(C)C)ccn1)C(C)COC. The smallest absolute Gasteiger partial charge is 0.129 e. The van der Waals surface area contributed by atoms with Gasteiger partial charge in [-0.1, -0.05) is 0 Å². The number of hydrogen-bond acceptors (Lipinski definition) is 4. The van der Waals surface area contributed by atoms with Crippen LogP contribution in [0, 0.1) is 0 Å². The number of hydrogen-bond donors (Lipinski definition) is 1. The molecule has 1 unspecified atom stereocenters. The lowest BCUT2D eigenvalue weighted by atomic mass is 10.1. The highest BCUT2D eigenvalue weighted by atomic mass is 16.5. The van der Waals surface area contributed by atoms with E-state index in [0.717, 1.165) is 18.9 Å². The van der Waals surface area contributed by atoms with Gasteiger partial charge in [0.25, 0.3) is 0 Å². The molecular weight excluding hydrogens is 250 g/mol. The zero-order valence-electron chi connectivity index (χ0n) is 13.7. The van der Waals surface area contributed by atoms with Crippen LogP contribution in [0.5, 0.6) is 0 Å². The zero-order chi connectivity index (χ0) is 15.2. The Balaban J connectivity index is 2.79. The molecule has 1 heterocycles. The summed E-state index contributed by atoms with van der Waals surface area (Å²) in [6.45, 7) is 13.3. The number of pyridine rings is 1. The van der Waals surface area contributed by atoms with Crippen molar-refractivity contribution in [3.05, 3.63) is 23.9 Å². The molecule has 0 saturated heterocycles. The lowest BCUT2D eigenvalue weighted by Crippen LogP contribution is -2.37. The van der Waals surface area contributed by atoms with E-state index in [-0.39, 0.29) is 5.54 Å². The van der Waals surface area contributed by atoms with Gasteiger partial charge in [-0.2, -0.15) is 0 Å². The van der Waals surface area contributed by atoms with Gasteiger partial charge < -0.3 is 15.0 Å². The van der Waals surface area contributed by atoms with Crippen molar-refractivity contribution in [2.24, 2.45) is 0 Å². The zero-order valence-corrected chi connectivity index (χ0v) is 13.7. The van der Waals surface area contributed by atoms with Crippen molar-refractivity contribution >= 4 is 5.82 Å². The van der Waals surface area contributed by atoms with Crippen LogP contribution in [0.3, 0.4) is 0 Å². The van der Waals surface area contributed by atoms with E-state index in [2.05, 4.69) is 62.0 Å². The first kappa shape index (κ1) is 16.9. The van der Waals surface area contributed by atoms with E-state index < -0.39 is 0 Å². The van der Waals surface area contributed by atoms with E-state index in [9.17, 15) is 0 Å². The summed E-state index contributed by atoms with van der Waals surface area (Å²) in [5, 5.41) is 3.51. The second-order valence-corrected chi connectivity index (χ2v) is 6.22. The van der Waals surface area contributed by atoms with Crippen LogP contribution < -0.4 is 10.2 Å². The van der Waals surface area contributed by atoms with Crippen molar-refractivity contribution in [1.82, 2.24) is 10.3 Å². The van der Waals surface area contributed by atoms with Crippen molar-refractivity contribution < 1.29 is 4.74 Å². The highest BCUT2D eigenvalue weighted by Crippen LogP contribution is 2.16. The van der Waals surface area contributed by atoms with Gasteiger partial charge in [-0.25, -0.2) is 4.98 Å². The molecule has 1 N–H and O–H groups in total. The molecule has 0 aliphatic carbocycles. The Kier molecular flexibility index (Phi) is 6.43. The summed E-state index contributed by atoms with van der Waals surface area (Å²) in [4.78, 5) is 6.77. The molecule has 0 saturated carbocycles. The minimum absolute atomic E-state index is 0.122. The molecule has 0 aromatic carbocycles. The third-order valence-electron chi connectivity index (χ3n) is 3.21. The fourth-order valence-corrected chi connectivity index (χ4v) is 2.13. The number of methoxy groups -OCH3 is 1. The monoisotopic (exact) mass is 279 g/mol. The number of likely N-dealkylation sites (N-methyl/N-ethyl adjacent to an activating group) is 1. The van der Waals surface area contributed by atoms with E-state index in [1.807, 2.05) is 6.20 Å². The predicted molar refractivity (Wildman–Crippen MR) is 85.2 cm³/mol. The molecule has 0 aliphatic heterocycles. The highest BCUT2D eigenvalue weighted by Gasteiger charge is 2.14. The van der Waals surface area contributed by atoms with E-state index in [1.165, 1.54) is 5.56 Å². The van der Waals surface area contributed by atoms with Crippen molar-refractivity contribution in [3.8, 4) is 0 Å². The summed E-state index contributed by atoms with van der Waals surface area (Å²) in [6, 6.07) is 4.55. The molecule has 0 amide bonds. The maximum atomic E-state index is 5.25. The first-order valence-corrected chi connectivity index (χ1v) is 7.33. The number of anilines is 1. The molecule has 4 heteroatoms. The quantitative estimate of drug-likeness (QED) is 0.833. The first-order valence-electron chi connectivity index (χ1n) is 7.33. The lowest BCUT2D eigenvalue weighted by Gasteiger charge is -2.29. The Morgan fingerprint density at radius 1 is 1.40 bits per heavy atom. The Morgan fingerprint density at radius 2 is 2.10 bits per heavy atom. The third kappa shape index (κ3) is 5.47. The number of aromatic nitrogens is 1. The Hall–Kier alpha value is -1.13. The lowest BCUT2D eigenvalue weighted by molar-refractivity contribution is 0.181. The van der Waals surface area contributed by atoms with Crippen LogP contribution in [0.1, 0.15) is 40.2 Å². The van der Waals surface area contributed by atoms with Crippen LogP contribution in [0.4, 0.5) is 5.82 Å². The molecule has 1 atom stereocenters. The van der Waals surface area contributed by atoms with Crippen molar-refractivity contribution in [1.29, 1.82) is 0 Å².